The fourth-order valence-corrected chi connectivity index (χ4v) is 8.27. The Morgan fingerprint density at radius 1 is 0.362 bits per heavy atom. The van der Waals surface area contributed by atoms with E-state index in [2.05, 4.69) is 90.1 Å². The summed E-state index contributed by atoms with van der Waals surface area (Å²) in [4.78, 5) is 0. The van der Waals surface area contributed by atoms with Gasteiger partial charge >= 0.3 is 0 Å². The first-order valence-corrected chi connectivity index (χ1v) is 23.0. The lowest BCUT2D eigenvalue weighted by Gasteiger charge is -2.26. The van der Waals surface area contributed by atoms with E-state index < -0.39 is 0 Å². The van der Waals surface area contributed by atoms with Crippen LogP contribution in [0.5, 0.6) is 34.5 Å². The van der Waals surface area contributed by atoms with Crippen LogP contribution in [0.4, 0.5) is 0 Å². The summed E-state index contributed by atoms with van der Waals surface area (Å²) in [5.41, 5.74) is 12.5. The molecule has 0 atom stereocenters. The van der Waals surface area contributed by atoms with Crippen LogP contribution in [0, 0.1) is 0 Å². The molecule has 0 bridgehead atoms. The van der Waals surface area contributed by atoms with Crippen LogP contribution in [0.15, 0.2) is 48.5 Å². The first kappa shape index (κ1) is 43.3. The molecule has 0 unspecified atom stereocenters. The first-order valence-electron chi connectivity index (χ1n) is 23.0. The van der Waals surface area contributed by atoms with Crippen LogP contribution in [0.25, 0.3) is 22.3 Å². The average Bonchev–Trinajstić information content (AvgIpc) is 3.82. The highest BCUT2D eigenvalue weighted by Crippen LogP contribution is 2.57. The maximum Gasteiger partial charge on any atom is 0.204 e. The van der Waals surface area contributed by atoms with Gasteiger partial charge in [0.05, 0.1) is 39.6 Å². The molecular weight excluding hydrogens is 721 g/mol. The quantitative estimate of drug-likeness (QED) is 0.0484. The van der Waals surface area contributed by atoms with Crippen LogP contribution in [-0.2, 0) is 25.7 Å². The third-order valence-corrected chi connectivity index (χ3v) is 11.6. The van der Waals surface area contributed by atoms with E-state index in [1.807, 2.05) is 0 Å². The van der Waals surface area contributed by atoms with Crippen molar-refractivity contribution in [3.8, 4) is 56.8 Å². The second-order valence-corrected chi connectivity index (χ2v) is 16.0. The molecule has 314 valence electrons. The Labute approximate surface area is 349 Å². The van der Waals surface area contributed by atoms with Gasteiger partial charge in [-0.25, -0.2) is 0 Å². The highest BCUT2D eigenvalue weighted by atomic mass is 16.5. The van der Waals surface area contributed by atoms with Crippen molar-refractivity contribution in [3.05, 3.63) is 81.9 Å². The van der Waals surface area contributed by atoms with Gasteiger partial charge in [-0.1, -0.05) is 129 Å². The Bertz CT molecular complexity index is 1790. The summed E-state index contributed by atoms with van der Waals surface area (Å²) in [7, 11) is 0. The molecule has 6 nitrogen and oxygen atoms in total. The highest BCUT2D eigenvalue weighted by molar-refractivity contribution is 5.89. The first-order chi connectivity index (χ1) is 28.6. The average molecular weight is 791 g/mol. The minimum Gasteiger partial charge on any atom is -0.489 e. The van der Waals surface area contributed by atoms with E-state index in [0.717, 1.165) is 137 Å². The van der Waals surface area contributed by atoms with Crippen molar-refractivity contribution in [2.75, 3.05) is 39.6 Å². The standard InChI is InChI=1S/C52H70O6/c1-7-13-29-53-47-41(43-35-37-23-19-21-25-39(37)45(43)49(55-31-15-9-3)51(47)57-33-17-11-5)27-28-42-44-36-38-24-20-22-26-40(38)46(44)50(56-32-16-10-4)52(58-34-18-12-6)48(42)54-30-14-8-2/h19-26H,7-18,27-36H2,1-6H3. The zero-order valence-electron chi connectivity index (χ0n) is 36.6. The zero-order chi connectivity index (χ0) is 40.7. The number of ether oxygens (including phenoxy) is 6. The molecule has 0 aromatic heterocycles. The van der Waals surface area contributed by atoms with E-state index >= 15 is 0 Å². The van der Waals surface area contributed by atoms with E-state index in [0.29, 0.717) is 39.6 Å². The molecule has 0 saturated heterocycles. The summed E-state index contributed by atoms with van der Waals surface area (Å²) >= 11 is 0. The normalized spacial score (nSPS) is 12.2. The second-order valence-electron chi connectivity index (χ2n) is 16.0. The lowest BCUT2D eigenvalue weighted by Crippen LogP contribution is -2.13. The molecule has 0 radical (unpaired) electrons. The van der Waals surface area contributed by atoms with Gasteiger partial charge in [-0.15, -0.1) is 0 Å². The van der Waals surface area contributed by atoms with Gasteiger partial charge in [-0.2, -0.15) is 0 Å². The van der Waals surface area contributed by atoms with E-state index in [9.17, 15) is 0 Å². The number of hydrogen-bond acceptors (Lipinski definition) is 6. The monoisotopic (exact) mass is 791 g/mol. The van der Waals surface area contributed by atoms with Crippen molar-refractivity contribution >= 4 is 0 Å². The van der Waals surface area contributed by atoms with Gasteiger partial charge in [0.15, 0.2) is 23.0 Å². The molecule has 0 heterocycles. The molecule has 0 amide bonds. The van der Waals surface area contributed by atoms with Crippen molar-refractivity contribution in [1.29, 1.82) is 0 Å². The lowest BCUT2D eigenvalue weighted by molar-refractivity contribution is 0.235. The Balaban J connectivity index is 1.56. The molecule has 0 spiro atoms. The van der Waals surface area contributed by atoms with E-state index in [4.69, 9.17) is 28.4 Å². The minimum atomic E-state index is 0.615. The number of hydrogen-bond donors (Lipinski definition) is 0. The van der Waals surface area contributed by atoms with Gasteiger partial charge in [0.1, 0.15) is 0 Å². The van der Waals surface area contributed by atoms with Crippen molar-refractivity contribution in [2.24, 2.45) is 0 Å². The Morgan fingerprint density at radius 2 is 0.655 bits per heavy atom. The number of fused-ring (bicyclic) bond motifs is 6. The fraction of sp³-hybridized carbons (Fsp3) is 0.538. The van der Waals surface area contributed by atoms with Crippen LogP contribution < -0.4 is 28.4 Å². The van der Waals surface area contributed by atoms with Crippen molar-refractivity contribution in [2.45, 2.75) is 144 Å². The van der Waals surface area contributed by atoms with Crippen molar-refractivity contribution in [1.82, 2.24) is 0 Å². The summed E-state index contributed by atoms with van der Waals surface area (Å²) in [6.45, 7) is 17.0. The minimum absolute atomic E-state index is 0.615. The number of benzene rings is 4. The van der Waals surface area contributed by atoms with Gasteiger partial charge in [0, 0.05) is 22.3 Å². The van der Waals surface area contributed by atoms with E-state index in [-0.39, 0.29) is 0 Å². The molecule has 4 aromatic carbocycles. The fourth-order valence-electron chi connectivity index (χ4n) is 8.27. The molecular formula is C52H70O6. The van der Waals surface area contributed by atoms with Crippen LogP contribution >= 0.6 is 0 Å². The Hall–Kier alpha value is -4.32. The Kier molecular flexibility index (Phi) is 16.5. The van der Waals surface area contributed by atoms with Crippen LogP contribution in [0.2, 0.25) is 0 Å². The molecule has 2 aliphatic rings. The summed E-state index contributed by atoms with van der Waals surface area (Å²) in [5, 5.41) is 0. The summed E-state index contributed by atoms with van der Waals surface area (Å²) < 4.78 is 41.1. The van der Waals surface area contributed by atoms with Gasteiger partial charge in [-0.05, 0) is 97.6 Å². The number of unbranched alkanes of at least 4 members (excludes halogenated alkanes) is 6. The van der Waals surface area contributed by atoms with Crippen LogP contribution in [0.1, 0.15) is 152 Å². The SMILES string of the molecule is CCCCOc1c(CCc2c3c(c(OCCCC)c(OCCCC)c2OCCCC)-c2ccccc2C3)c2c(c(OCCCC)c1OCCCC)-c1ccccc1C2. The van der Waals surface area contributed by atoms with E-state index in [1.54, 1.807) is 0 Å². The summed E-state index contributed by atoms with van der Waals surface area (Å²) in [6, 6.07) is 17.7. The topological polar surface area (TPSA) is 55.4 Å². The molecule has 0 aliphatic heterocycles. The zero-order valence-corrected chi connectivity index (χ0v) is 36.6. The molecule has 2 aliphatic carbocycles. The predicted molar refractivity (Wildman–Crippen MR) is 239 cm³/mol. The Morgan fingerprint density at radius 3 is 0.983 bits per heavy atom. The van der Waals surface area contributed by atoms with Gasteiger partial charge < -0.3 is 28.4 Å². The van der Waals surface area contributed by atoms with Gasteiger partial charge in [0.2, 0.25) is 11.5 Å². The molecule has 58 heavy (non-hydrogen) atoms. The molecule has 4 aromatic rings. The summed E-state index contributed by atoms with van der Waals surface area (Å²) in [5.74, 6) is 4.95. The third kappa shape index (κ3) is 9.75. The third-order valence-electron chi connectivity index (χ3n) is 11.6. The second kappa shape index (κ2) is 22.2. The highest BCUT2D eigenvalue weighted by Gasteiger charge is 2.36. The maximum absolute atomic E-state index is 6.93. The van der Waals surface area contributed by atoms with Crippen molar-refractivity contribution in [3.63, 3.8) is 0 Å². The predicted octanol–water partition coefficient (Wildman–Crippen LogP) is 13.7. The van der Waals surface area contributed by atoms with E-state index in [1.165, 1.54) is 55.6 Å². The molecule has 6 rings (SSSR count). The van der Waals surface area contributed by atoms with Crippen LogP contribution in [0.3, 0.4) is 0 Å². The molecule has 6 heteroatoms. The largest absolute Gasteiger partial charge is 0.489 e. The number of rotatable bonds is 27. The lowest BCUT2D eigenvalue weighted by atomic mass is 9.90. The van der Waals surface area contributed by atoms with Crippen molar-refractivity contribution < 1.29 is 28.4 Å². The molecule has 0 N–H and O–H groups in total. The smallest absolute Gasteiger partial charge is 0.204 e. The maximum atomic E-state index is 6.93. The van der Waals surface area contributed by atoms with Crippen LogP contribution in [-0.4, -0.2) is 39.6 Å². The molecule has 0 saturated carbocycles. The van der Waals surface area contributed by atoms with Gasteiger partial charge in [0.25, 0.3) is 0 Å². The summed E-state index contributed by atoms with van der Waals surface area (Å²) in [6.07, 6.45) is 15.3. The molecule has 0 fully saturated rings. The van der Waals surface area contributed by atoms with Gasteiger partial charge in [-0.3, -0.25) is 0 Å².